The fourth-order valence-corrected chi connectivity index (χ4v) is 2.37. The molecule has 2 rings (SSSR count). The molecule has 0 atom stereocenters. The van der Waals surface area contributed by atoms with Gasteiger partial charge < -0.3 is 14.9 Å². The highest BCUT2D eigenvalue weighted by atomic mass is 32.1. The first kappa shape index (κ1) is 13.8. The zero-order valence-corrected chi connectivity index (χ0v) is 12.1. The molecule has 0 saturated carbocycles. The summed E-state index contributed by atoms with van der Waals surface area (Å²) in [7, 11) is 0. The normalized spacial score (nSPS) is 10.8. The van der Waals surface area contributed by atoms with Crippen LogP contribution in [0.15, 0.2) is 18.2 Å². The van der Waals surface area contributed by atoms with Crippen LogP contribution in [0, 0.1) is 11.7 Å². The highest BCUT2D eigenvalue weighted by molar-refractivity contribution is 7.71. The monoisotopic (exact) mass is 277 g/mol. The van der Waals surface area contributed by atoms with E-state index in [1.807, 2.05) is 24.5 Å². The first-order valence-corrected chi connectivity index (χ1v) is 6.98. The number of aromatic nitrogens is 2. The van der Waals surface area contributed by atoms with Crippen molar-refractivity contribution in [2.75, 3.05) is 6.54 Å². The van der Waals surface area contributed by atoms with Crippen molar-refractivity contribution in [1.29, 1.82) is 0 Å². The van der Waals surface area contributed by atoms with Crippen molar-refractivity contribution >= 4 is 29.2 Å². The van der Waals surface area contributed by atoms with E-state index in [9.17, 15) is 4.79 Å². The van der Waals surface area contributed by atoms with Crippen molar-refractivity contribution in [2.45, 2.75) is 33.2 Å². The Balaban J connectivity index is 2.14. The van der Waals surface area contributed by atoms with Gasteiger partial charge in [-0.15, -0.1) is 0 Å². The zero-order valence-electron chi connectivity index (χ0n) is 11.3. The quantitative estimate of drug-likeness (QED) is 0.826. The molecule has 2 N–H and O–H groups in total. The Kier molecular flexibility index (Phi) is 4.37. The Morgan fingerprint density at radius 1 is 1.47 bits per heavy atom. The molecule has 19 heavy (non-hydrogen) atoms. The topological polar surface area (TPSA) is 49.8 Å². The molecule has 1 aromatic carbocycles. The second kappa shape index (κ2) is 6.02. The molecular formula is C14H19N3OS. The van der Waals surface area contributed by atoms with Crippen molar-refractivity contribution in [1.82, 2.24) is 14.9 Å². The van der Waals surface area contributed by atoms with Crippen LogP contribution in [-0.4, -0.2) is 22.0 Å². The number of aryl methyl sites for hydroxylation is 2. The molecule has 0 spiro atoms. The minimum Gasteiger partial charge on any atom is -0.356 e. The summed E-state index contributed by atoms with van der Waals surface area (Å²) in [5, 5.41) is 2.87. The lowest BCUT2D eigenvalue weighted by atomic mass is 10.2. The SMILES string of the molecule is CCCNC(=O)CCn1c(=S)[nH]c2cc(C)ccc21. The Bertz CT molecular complexity index is 642. The van der Waals surface area contributed by atoms with Gasteiger partial charge in [-0.1, -0.05) is 13.0 Å². The number of nitrogens with zero attached hydrogens (tertiary/aromatic N) is 1. The van der Waals surface area contributed by atoms with Crippen LogP contribution in [0.2, 0.25) is 0 Å². The first-order chi connectivity index (χ1) is 9.11. The summed E-state index contributed by atoms with van der Waals surface area (Å²) in [6.45, 7) is 5.43. The van der Waals surface area contributed by atoms with Crippen LogP contribution in [0.25, 0.3) is 11.0 Å². The Hall–Kier alpha value is -1.62. The Labute approximate surface area is 117 Å². The van der Waals surface area contributed by atoms with Crippen LogP contribution in [0.3, 0.4) is 0 Å². The number of carbonyl (C=O) groups excluding carboxylic acids is 1. The van der Waals surface area contributed by atoms with Gasteiger partial charge in [-0.25, -0.2) is 0 Å². The molecule has 0 aliphatic rings. The number of amides is 1. The average Bonchev–Trinajstić information content (AvgIpc) is 2.68. The summed E-state index contributed by atoms with van der Waals surface area (Å²) in [5.74, 6) is 0.0743. The number of carbonyl (C=O) groups is 1. The highest BCUT2D eigenvalue weighted by Gasteiger charge is 2.06. The van der Waals surface area contributed by atoms with Crippen molar-refractivity contribution in [3.8, 4) is 0 Å². The number of fused-ring (bicyclic) bond motifs is 1. The van der Waals surface area contributed by atoms with Gasteiger partial charge in [0, 0.05) is 19.5 Å². The predicted octanol–water partition coefficient (Wildman–Crippen LogP) is 2.92. The van der Waals surface area contributed by atoms with Gasteiger partial charge in [0.15, 0.2) is 4.77 Å². The molecule has 0 saturated heterocycles. The van der Waals surface area contributed by atoms with Gasteiger partial charge in [0.05, 0.1) is 11.0 Å². The lowest BCUT2D eigenvalue weighted by Gasteiger charge is -2.05. The Morgan fingerprint density at radius 2 is 2.26 bits per heavy atom. The van der Waals surface area contributed by atoms with E-state index in [1.54, 1.807) is 0 Å². The second-order valence-corrected chi connectivity index (χ2v) is 5.09. The summed E-state index contributed by atoms with van der Waals surface area (Å²) in [4.78, 5) is 14.8. The number of imidazole rings is 1. The van der Waals surface area contributed by atoms with Gasteiger partial charge in [0.2, 0.25) is 5.91 Å². The molecule has 1 aromatic heterocycles. The zero-order chi connectivity index (χ0) is 13.8. The van der Waals surface area contributed by atoms with Crippen LogP contribution in [0.1, 0.15) is 25.3 Å². The molecular weight excluding hydrogens is 258 g/mol. The summed E-state index contributed by atoms with van der Waals surface area (Å²) < 4.78 is 2.65. The minimum absolute atomic E-state index is 0.0743. The van der Waals surface area contributed by atoms with E-state index in [0.717, 1.165) is 24.0 Å². The predicted molar refractivity (Wildman–Crippen MR) is 79.8 cm³/mol. The number of benzene rings is 1. The van der Waals surface area contributed by atoms with Gasteiger partial charge >= 0.3 is 0 Å². The number of hydrogen-bond donors (Lipinski definition) is 2. The van der Waals surface area contributed by atoms with Crippen LogP contribution in [0.4, 0.5) is 0 Å². The van der Waals surface area contributed by atoms with Crippen molar-refractivity contribution in [2.24, 2.45) is 0 Å². The van der Waals surface area contributed by atoms with Gasteiger partial charge in [-0.2, -0.15) is 0 Å². The molecule has 5 heteroatoms. The van der Waals surface area contributed by atoms with E-state index in [1.165, 1.54) is 5.56 Å². The number of hydrogen-bond acceptors (Lipinski definition) is 2. The Morgan fingerprint density at radius 3 is 3.00 bits per heavy atom. The number of H-pyrrole nitrogens is 1. The van der Waals surface area contributed by atoms with Gasteiger partial charge in [0.25, 0.3) is 0 Å². The first-order valence-electron chi connectivity index (χ1n) is 6.57. The molecule has 0 radical (unpaired) electrons. The van der Waals surface area contributed by atoms with E-state index < -0.39 is 0 Å². The van der Waals surface area contributed by atoms with Crippen LogP contribution >= 0.6 is 12.2 Å². The van der Waals surface area contributed by atoms with Crippen molar-refractivity contribution < 1.29 is 4.79 Å². The van der Waals surface area contributed by atoms with Crippen molar-refractivity contribution in [3.63, 3.8) is 0 Å². The highest BCUT2D eigenvalue weighted by Crippen LogP contribution is 2.16. The van der Waals surface area contributed by atoms with Gasteiger partial charge in [0.1, 0.15) is 0 Å². The lowest BCUT2D eigenvalue weighted by Crippen LogP contribution is -2.25. The van der Waals surface area contributed by atoms with Crippen LogP contribution in [0.5, 0.6) is 0 Å². The van der Waals surface area contributed by atoms with E-state index in [4.69, 9.17) is 12.2 Å². The van der Waals surface area contributed by atoms with Crippen LogP contribution in [-0.2, 0) is 11.3 Å². The minimum atomic E-state index is 0.0743. The summed E-state index contributed by atoms with van der Waals surface area (Å²) in [6, 6.07) is 6.16. The summed E-state index contributed by atoms with van der Waals surface area (Å²) >= 11 is 5.31. The van der Waals surface area contributed by atoms with Crippen LogP contribution < -0.4 is 5.32 Å². The molecule has 0 bridgehead atoms. The third-order valence-electron chi connectivity index (χ3n) is 3.06. The van der Waals surface area contributed by atoms with E-state index >= 15 is 0 Å². The van der Waals surface area contributed by atoms with E-state index in [2.05, 4.69) is 22.4 Å². The maximum atomic E-state index is 11.6. The molecule has 102 valence electrons. The largest absolute Gasteiger partial charge is 0.356 e. The molecule has 0 aliphatic carbocycles. The molecule has 1 amide bonds. The maximum absolute atomic E-state index is 11.6. The molecule has 0 aliphatic heterocycles. The standard InChI is InChI=1S/C14H19N3OS/c1-3-7-15-13(18)6-8-17-12-5-4-10(2)9-11(12)16-14(17)19/h4-5,9H,3,6-8H2,1-2H3,(H,15,18)(H,16,19). The smallest absolute Gasteiger partial charge is 0.221 e. The number of nitrogens with one attached hydrogen (secondary N) is 2. The van der Waals surface area contributed by atoms with E-state index in [-0.39, 0.29) is 5.91 Å². The molecule has 1 heterocycles. The molecule has 2 aromatic rings. The van der Waals surface area contributed by atoms with Crippen molar-refractivity contribution in [3.05, 3.63) is 28.5 Å². The lowest BCUT2D eigenvalue weighted by molar-refractivity contribution is -0.121. The number of rotatable bonds is 5. The third kappa shape index (κ3) is 3.23. The fourth-order valence-electron chi connectivity index (χ4n) is 2.07. The number of aromatic amines is 1. The average molecular weight is 277 g/mol. The fraction of sp³-hybridized carbons (Fsp3) is 0.429. The summed E-state index contributed by atoms with van der Waals surface area (Å²) in [6.07, 6.45) is 1.41. The van der Waals surface area contributed by atoms with Gasteiger partial charge in [-0.3, -0.25) is 4.79 Å². The van der Waals surface area contributed by atoms with E-state index in [0.29, 0.717) is 17.7 Å². The maximum Gasteiger partial charge on any atom is 0.221 e. The molecule has 4 nitrogen and oxygen atoms in total. The second-order valence-electron chi connectivity index (χ2n) is 4.70. The van der Waals surface area contributed by atoms with Gasteiger partial charge in [-0.05, 0) is 43.3 Å². The molecule has 0 unspecified atom stereocenters. The third-order valence-corrected chi connectivity index (χ3v) is 3.39. The molecule has 0 fully saturated rings. The summed E-state index contributed by atoms with van der Waals surface area (Å²) in [5.41, 5.74) is 3.27.